The number of ether oxygens (including phenoxy) is 1. The van der Waals surface area contributed by atoms with Crippen molar-refractivity contribution in [2.75, 3.05) is 19.4 Å². The Morgan fingerprint density at radius 2 is 2.19 bits per heavy atom. The third kappa shape index (κ3) is 4.75. The SMILES string of the molecule is CCNCc1ccc(SCC2(CC(=O)OC)CC2)cc1C. The molecule has 21 heavy (non-hydrogen) atoms. The van der Waals surface area contributed by atoms with Crippen molar-refractivity contribution < 1.29 is 9.53 Å². The number of hydrogen-bond donors (Lipinski definition) is 1. The molecule has 1 aromatic rings. The number of hydrogen-bond acceptors (Lipinski definition) is 4. The van der Waals surface area contributed by atoms with E-state index in [1.807, 2.05) is 11.8 Å². The highest BCUT2D eigenvalue weighted by molar-refractivity contribution is 7.99. The Hall–Kier alpha value is -1.00. The Kier molecular flexibility index (Phi) is 5.71. The van der Waals surface area contributed by atoms with Gasteiger partial charge in [0.2, 0.25) is 0 Å². The number of aryl methyl sites for hydroxylation is 1. The minimum atomic E-state index is -0.0785. The van der Waals surface area contributed by atoms with E-state index in [1.54, 1.807) is 0 Å². The van der Waals surface area contributed by atoms with Gasteiger partial charge in [-0.3, -0.25) is 4.79 Å². The second kappa shape index (κ2) is 7.32. The zero-order valence-corrected chi connectivity index (χ0v) is 14.0. The summed E-state index contributed by atoms with van der Waals surface area (Å²) < 4.78 is 4.80. The van der Waals surface area contributed by atoms with Crippen LogP contribution in [0.2, 0.25) is 0 Å². The Morgan fingerprint density at radius 1 is 1.43 bits per heavy atom. The molecule has 1 aromatic carbocycles. The van der Waals surface area contributed by atoms with E-state index in [0.29, 0.717) is 6.42 Å². The van der Waals surface area contributed by atoms with Gasteiger partial charge >= 0.3 is 5.97 Å². The van der Waals surface area contributed by atoms with Gasteiger partial charge in [0.15, 0.2) is 0 Å². The van der Waals surface area contributed by atoms with E-state index < -0.39 is 0 Å². The fraction of sp³-hybridized carbons (Fsp3) is 0.588. The molecule has 0 spiro atoms. The van der Waals surface area contributed by atoms with E-state index >= 15 is 0 Å². The zero-order chi connectivity index (χ0) is 15.3. The highest BCUT2D eigenvalue weighted by atomic mass is 32.2. The van der Waals surface area contributed by atoms with Crippen LogP contribution in [0.3, 0.4) is 0 Å². The average molecular weight is 307 g/mol. The van der Waals surface area contributed by atoms with E-state index in [4.69, 9.17) is 4.74 Å². The predicted molar refractivity (Wildman–Crippen MR) is 87.6 cm³/mol. The van der Waals surface area contributed by atoms with E-state index in [-0.39, 0.29) is 11.4 Å². The van der Waals surface area contributed by atoms with E-state index in [9.17, 15) is 4.79 Å². The topological polar surface area (TPSA) is 38.3 Å². The van der Waals surface area contributed by atoms with Gasteiger partial charge in [0, 0.05) is 17.2 Å². The maximum absolute atomic E-state index is 11.4. The summed E-state index contributed by atoms with van der Waals surface area (Å²) in [4.78, 5) is 12.7. The van der Waals surface area contributed by atoms with Gasteiger partial charge in [-0.15, -0.1) is 11.8 Å². The summed E-state index contributed by atoms with van der Waals surface area (Å²) in [5.41, 5.74) is 2.88. The monoisotopic (exact) mass is 307 g/mol. The standard InChI is InChI=1S/C17H25NO2S/c1-4-18-11-14-5-6-15(9-13(14)2)21-12-17(7-8-17)10-16(19)20-3/h5-6,9,18H,4,7-8,10-12H2,1-3H3. The van der Waals surface area contributed by atoms with Gasteiger partial charge in [-0.1, -0.05) is 13.0 Å². The first-order chi connectivity index (χ1) is 10.1. The van der Waals surface area contributed by atoms with E-state index in [2.05, 4.69) is 37.4 Å². The van der Waals surface area contributed by atoms with Crippen LogP contribution in [0.5, 0.6) is 0 Å². The molecule has 0 aromatic heterocycles. The molecule has 0 atom stereocenters. The van der Waals surface area contributed by atoms with Gasteiger partial charge in [0.1, 0.15) is 0 Å². The highest BCUT2D eigenvalue weighted by Crippen LogP contribution is 2.52. The molecule has 3 nitrogen and oxygen atoms in total. The number of esters is 1. The number of carbonyl (C=O) groups is 1. The fourth-order valence-corrected chi connectivity index (χ4v) is 3.67. The maximum atomic E-state index is 11.4. The molecule has 0 radical (unpaired) electrons. The van der Waals surface area contributed by atoms with Crippen LogP contribution in [0.25, 0.3) is 0 Å². The number of methoxy groups -OCH3 is 1. The van der Waals surface area contributed by atoms with Crippen molar-refractivity contribution in [3.8, 4) is 0 Å². The summed E-state index contributed by atoms with van der Waals surface area (Å²) in [5.74, 6) is 0.930. The maximum Gasteiger partial charge on any atom is 0.306 e. The Balaban J connectivity index is 1.89. The van der Waals surface area contributed by atoms with Crippen LogP contribution in [0.4, 0.5) is 0 Å². The molecule has 4 heteroatoms. The molecule has 0 aliphatic heterocycles. The fourth-order valence-electron chi connectivity index (χ4n) is 2.38. The Labute approximate surface area is 131 Å². The Bertz CT molecular complexity index is 498. The van der Waals surface area contributed by atoms with Crippen LogP contribution in [-0.2, 0) is 16.1 Å². The first kappa shape index (κ1) is 16.4. The quantitative estimate of drug-likeness (QED) is 0.589. The minimum Gasteiger partial charge on any atom is -0.469 e. The van der Waals surface area contributed by atoms with Crippen molar-refractivity contribution in [3.63, 3.8) is 0 Å². The molecule has 1 saturated carbocycles. The summed E-state index contributed by atoms with van der Waals surface area (Å²) in [5, 5.41) is 3.36. The average Bonchev–Trinajstić information content (AvgIpc) is 3.24. The summed E-state index contributed by atoms with van der Waals surface area (Å²) in [6.45, 7) is 6.21. The number of thioether (sulfide) groups is 1. The van der Waals surface area contributed by atoms with Gasteiger partial charge < -0.3 is 10.1 Å². The summed E-state index contributed by atoms with van der Waals surface area (Å²) >= 11 is 1.86. The first-order valence-electron chi connectivity index (χ1n) is 7.58. The lowest BCUT2D eigenvalue weighted by Crippen LogP contribution is -2.13. The first-order valence-corrected chi connectivity index (χ1v) is 8.57. The van der Waals surface area contributed by atoms with Crippen molar-refractivity contribution in [1.29, 1.82) is 0 Å². The van der Waals surface area contributed by atoms with Gasteiger partial charge in [-0.2, -0.15) is 0 Å². The summed E-state index contributed by atoms with van der Waals surface area (Å²) in [6.07, 6.45) is 2.85. The summed E-state index contributed by atoms with van der Waals surface area (Å²) in [7, 11) is 1.47. The van der Waals surface area contributed by atoms with Crippen LogP contribution >= 0.6 is 11.8 Å². The third-order valence-electron chi connectivity index (χ3n) is 4.13. The van der Waals surface area contributed by atoms with Crippen molar-refractivity contribution in [3.05, 3.63) is 29.3 Å². The Morgan fingerprint density at radius 3 is 2.76 bits per heavy atom. The van der Waals surface area contributed by atoms with Gasteiger partial charge in [0.05, 0.1) is 13.5 Å². The molecular weight excluding hydrogens is 282 g/mol. The van der Waals surface area contributed by atoms with Crippen LogP contribution in [0, 0.1) is 12.3 Å². The van der Waals surface area contributed by atoms with Crippen molar-refractivity contribution in [1.82, 2.24) is 5.32 Å². The molecule has 1 fully saturated rings. The molecule has 2 rings (SSSR count). The zero-order valence-electron chi connectivity index (χ0n) is 13.2. The third-order valence-corrected chi connectivity index (χ3v) is 5.47. The molecule has 0 unspecified atom stereocenters. The lowest BCUT2D eigenvalue weighted by Gasteiger charge is -2.14. The molecular formula is C17H25NO2S. The molecule has 0 heterocycles. The van der Waals surface area contributed by atoms with E-state index in [1.165, 1.54) is 23.1 Å². The van der Waals surface area contributed by atoms with Gasteiger partial charge in [0.25, 0.3) is 0 Å². The molecule has 0 saturated heterocycles. The van der Waals surface area contributed by atoms with Gasteiger partial charge in [-0.05, 0) is 55.0 Å². The van der Waals surface area contributed by atoms with Crippen LogP contribution in [0.15, 0.2) is 23.1 Å². The largest absolute Gasteiger partial charge is 0.469 e. The number of rotatable bonds is 8. The smallest absolute Gasteiger partial charge is 0.306 e. The van der Waals surface area contributed by atoms with E-state index in [0.717, 1.165) is 31.7 Å². The molecule has 1 aliphatic carbocycles. The van der Waals surface area contributed by atoms with Crippen LogP contribution < -0.4 is 5.32 Å². The number of nitrogens with one attached hydrogen (secondary N) is 1. The summed E-state index contributed by atoms with van der Waals surface area (Å²) in [6, 6.07) is 6.66. The minimum absolute atomic E-state index is 0.0785. The van der Waals surface area contributed by atoms with Crippen LogP contribution in [0.1, 0.15) is 37.3 Å². The molecule has 1 N–H and O–H groups in total. The number of carbonyl (C=O) groups excluding carboxylic acids is 1. The normalized spacial score (nSPS) is 15.8. The molecule has 1 aliphatic rings. The van der Waals surface area contributed by atoms with Crippen molar-refractivity contribution in [2.45, 2.75) is 44.6 Å². The van der Waals surface area contributed by atoms with Crippen molar-refractivity contribution >= 4 is 17.7 Å². The van der Waals surface area contributed by atoms with Gasteiger partial charge in [-0.25, -0.2) is 0 Å². The van der Waals surface area contributed by atoms with Crippen molar-refractivity contribution in [2.24, 2.45) is 5.41 Å². The predicted octanol–water partition coefficient (Wildman–Crippen LogP) is 3.54. The second-order valence-electron chi connectivity index (χ2n) is 5.91. The molecule has 116 valence electrons. The highest BCUT2D eigenvalue weighted by Gasteiger charge is 2.44. The lowest BCUT2D eigenvalue weighted by molar-refractivity contribution is -0.141. The molecule has 0 bridgehead atoms. The van der Waals surface area contributed by atoms with Crippen LogP contribution in [-0.4, -0.2) is 25.4 Å². The lowest BCUT2D eigenvalue weighted by atomic mass is 10.1. The second-order valence-corrected chi connectivity index (χ2v) is 6.96. The number of benzene rings is 1. The molecule has 0 amide bonds.